The number of rotatable bonds is 3. The molecule has 104 valence electrons. The van der Waals surface area contributed by atoms with Gasteiger partial charge in [-0.3, -0.25) is 0 Å². The van der Waals surface area contributed by atoms with Crippen molar-refractivity contribution in [2.75, 3.05) is 25.1 Å². The number of halogens is 1. The van der Waals surface area contributed by atoms with Crippen LogP contribution in [0.5, 0.6) is 0 Å². The van der Waals surface area contributed by atoms with E-state index in [1.165, 1.54) is 18.2 Å². The number of hydrogen-bond donors (Lipinski definition) is 1. The molecule has 0 bridgehead atoms. The number of piperidine rings is 1. The third-order valence-electron chi connectivity index (χ3n) is 3.73. The van der Waals surface area contributed by atoms with E-state index in [9.17, 15) is 14.3 Å². The van der Waals surface area contributed by atoms with Crippen molar-refractivity contribution in [2.24, 2.45) is 5.92 Å². The second-order valence-electron chi connectivity index (χ2n) is 4.93. The number of anilines is 1. The molecule has 1 aromatic rings. The molecule has 1 aliphatic heterocycles. The van der Waals surface area contributed by atoms with Crippen LogP contribution in [0.15, 0.2) is 18.2 Å². The van der Waals surface area contributed by atoms with Gasteiger partial charge in [0.2, 0.25) is 0 Å². The molecular weight excluding hydrogens is 249 g/mol. The predicted octanol–water partition coefficient (Wildman–Crippen LogP) is 2.39. The zero-order valence-corrected chi connectivity index (χ0v) is 11.1. The Balaban J connectivity index is 2.34. The van der Waals surface area contributed by atoms with Crippen LogP contribution >= 0.6 is 0 Å². The maximum atomic E-state index is 14.0. The van der Waals surface area contributed by atoms with E-state index in [0.717, 1.165) is 6.42 Å². The molecule has 1 N–H and O–H groups in total. The van der Waals surface area contributed by atoms with Gasteiger partial charge in [-0.05, 0) is 24.5 Å². The van der Waals surface area contributed by atoms with E-state index in [1.807, 2.05) is 0 Å². The van der Waals surface area contributed by atoms with Crippen molar-refractivity contribution in [1.29, 1.82) is 0 Å². The Hall–Kier alpha value is -1.62. The fourth-order valence-electron chi connectivity index (χ4n) is 2.55. The molecular formula is C14H18FNO3. The molecule has 0 aliphatic carbocycles. The van der Waals surface area contributed by atoms with Crippen molar-refractivity contribution >= 4 is 11.7 Å². The minimum Gasteiger partial charge on any atom is -0.478 e. The maximum Gasteiger partial charge on any atom is 0.337 e. The Morgan fingerprint density at radius 1 is 1.53 bits per heavy atom. The Bertz CT molecular complexity index is 478. The maximum absolute atomic E-state index is 14.0. The quantitative estimate of drug-likeness (QED) is 0.913. The number of carbonyl (C=O) groups is 1. The summed E-state index contributed by atoms with van der Waals surface area (Å²) in [5.41, 5.74) is 0.174. The van der Waals surface area contributed by atoms with Crippen LogP contribution in [0.4, 0.5) is 10.1 Å². The molecule has 2 unspecified atom stereocenters. The number of methoxy groups -OCH3 is 1. The minimum absolute atomic E-state index is 0.00408. The average molecular weight is 267 g/mol. The van der Waals surface area contributed by atoms with Gasteiger partial charge in [0.1, 0.15) is 5.82 Å². The van der Waals surface area contributed by atoms with Crippen LogP contribution in [0, 0.1) is 11.7 Å². The SMILES string of the molecule is COC1CN(c2c(F)cccc2C(=O)O)CCC1C. The summed E-state index contributed by atoms with van der Waals surface area (Å²) in [6.45, 7) is 3.24. The highest BCUT2D eigenvalue weighted by atomic mass is 19.1. The number of benzene rings is 1. The van der Waals surface area contributed by atoms with Crippen molar-refractivity contribution < 1.29 is 19.0 Å². The second kappa shape index (κ2) is 5.57. The molecule has 0 radical (unpaired) electrons. The highest BCUT2D eigenvalue weighted by molar-refractivity contribution is 5.94. The molecule has 1 heterocycles. The average Bonchev–Trinajstić information content (AvgIpc) is 2.39. The van der Waals surface area contributed by atoms with Gasteiger partial charge < -0.3 is 14.7 Å². The topological polar surface area (TPSA) is 49.8 Å². The highest BCUT2D eigenvalue weighted by Crippen LogP contribution is 2.30. The van der Waals surface area contributed by atoms with E-state index < -0.39 is 11.8 Å². The van der Waals surface area contributed by atoms with Crippen molar-refractivity contribution in [3.63, 3.8) is 0 Å². The lowest BCUT2D eigenvalue weighted by Crippen LogP contribution is -2.44. The molecule has 5 heteroatoms. The van der Waals surface area contributed by atoms with Crippen LogP contribution in [0.2, 0.25) is 0 Å². The smallest absolute Gasteiger partial charge is 0.337 e. The van der Waals surface area contributed by atoms with Crippen LogP contribution in [0.25, 0.3) is 0 Å². The molecule has 0 saturated carbocycles. The molecule has 0 amide bonds. The summed E-state index contributed by atoms with van der Waals surface area (Å²) in [6.07, 6.45) is 0.848. The van der Waals surface area contributed by atoms with E-state index in [2.05, 4.69) is 6.92 Å². The Labute approximate surface area is 111 Å². The number of ether oxygens (including phenoxy) is 1. The molecule has 2 atom stereocenters. The van der Waals surface area contributed by atoms with Crippen molar-refractivity contribution in [2.45, 2.75) is 19.4 Å². The monoisotopic (exact) mass is 267 g/mol. The van der Waals surface area contributed by atoms with E-state index in [0.29, 0.717) is 19.0 Å². The number of nitrogens with zero attached hydrogens (tertiary/aromatic N) is 1. The third-order valence-corrected chi connectivity index (χ3v) is 3.73. The van der Waals surface area contributed by atoms with Crippen LogP contribution in [0.3, 0.4) is 0 Å². The lowest BCUT2D eigenvalue weighted by molar-refractivity contribution is 0.0494. The number of para-hydroxylation sites is 1. The summed E-state index contributed by atoms with van der Waals surface area (Å²) in [6, 6.07) is 4.14. The standard InChI is InChI=1S/C14H18FNO3/c1-9-6-7-16(8-12(9)19-2)13-10(14(17)18)4-3-5-11(13)15/h3-5,9,12H,6-8H2,1-2H3,(H,17,18). The normalized spacial score (nSPS) is 23.4. The molecule has 0 spiro atoms. The van der Waals surface area contributed by atoms with Gasteiger partial charge in [0.25, 0.3) is 0 Å². The van der Waals surface area contributed by atoms with Crippen molar-refractivity contribution in [3.8, 4) is 0 Å². The Kier molecular flexibility index (Phi) is 4.04. The largest absolute Gasteiger partial charge is 0.478 e. The van der Waals surface area contributed by atoms with Crippen LogP contribution in [-0.2, 0) is 4.74 Å². The summed E-state index contributed by atoms with van der Waals surface area (Å²) >= 11 is 0. The molecule has 1 aliphatic rings. The summed E-state index contributed by atoms with van der Waals surface area (Å²) in [4.78, 5) is 13.0. The fourth-order valence-corrected chi connectivity index (χ4v) is 2.55. The van der Waals surface area contributed by atoms with E-state index in [-0.39, 0.29) is 17.4 Å². The van der Waals surface area contributed by atoms with Gasteiger partial charge in [-0.1, -0.05) is 13.0 Å². The van der Waals surface area contributed by atoms with Gasteiger partial charge in [-0.25, -0.2) is 9.18 Å². The van der Waals surface area contributed by atoms with Gasteiger partial charge >= 0.3 is 5.97 Å². The third kappa shape index (κ3) is 2.71. The molecule has 0 aromatic heterocycles. The molecule has 2 rings (SSSR count). The molecule has 1 saturated heterocycles. The van der Waals surface area contributed by atoms with E-state index in [4.69, 9.17) is 4.74 Å². The second-order valence-corrected chi connectivity index (χ2v) is 4.93. The molecule has 4 nitrogen and oxygen atoms in total. The van der Waals surface area contributed by atoms with E-state index >= 15 is 0 Å². The summed E-state index contributed by atoms with van der Waals surface area (Å²) in [5, 5.41) is 9.17. The lowest BCUT2D eigenvalue weighted by atomic mass is 9.95. The molecule has 1 aromatic carbocycles. The highest BCUT2D eigenvalue weighted by Gasteiger charge is 2.29. The van der Waals surface area contributed by atoms with Gasteiger partial charge in [-0.15, -0.1) is 0 Å². The number of carboxylic acid groups (broad SMARTS) is 1. The number of hydrogen-bond acceptors (Lipinski definition) is 3. The van der Waals surface area contributed by atoms with Gasteiger partial charge in [0.05, 0.1) is 17.4 Å². The van der Waals surface area contributed by atoms with Crippen LogP contribution < -0.4 is 4.90 Å². The zero-order chi connectivity index (χ0) is 14.0. The van der Waals surface area contributed by atoms with E-state index in [1.54, 1.807) is 12.0 Å². The first-order valence-electron chi connectivity index (χ1n) is 6.34. The van der Waals surface area contributed by atoms with Gasteiger partial charge in [0.15, 0.2) is 0 Å². The van der Waals surface area contributed by atoms with Crippen molar-refractivity contribution in [1.82, 2.24) is 0 Å². The Morgan fingerprint density at radius 2 is 2.26 bits per heavy atom. The molecule has 19 heavy (non-hydrogen) atoms. The first-order valence-corrected chi connectivity index (χ1v) is 6.34. The first kappa shape index (κ1) is 13.8. The fraction of sp³-hybridized carbons (Fsp3) is 0.500. The number of aromatic carboxylic acids is 1. The van der Waals surface area contributed by atoms with Gasteiger partial charge in [0, 0.05) is 20.2 Å². The summed E-state index contributed by atoms with van der Waals surface area (Å²) in [5.74, 6) is -1.22. The van der Waals surface area contributed by atoms with Crippen molar-refractivity contribution in [3.05, 3.63) is 29.6 Å². The van der Waals surface area contributed by atoms with Gasteiger partial charge in [-0.2, -0.15) is 0 Å². The van der Waals surface area contributed by atoms with Crippen LogP contribution in [0.1, 0.15) is 23.7 Å². The predicted molar refractivity (Wildman–Crippen MR) is 70.2 cm³/mol. The summed E-state index contributed by atoms with van der Waals surface area (Å²) < 4.78 is 19.4. The van der Waals surface area contributed by atoms with Crippen LogP contribution in [-0.4, -0.2) is 37.4 Å². The zero-order valence-electron chi connectivity index (χ0n) is 11.1. The Morgan fingerprint density at radius 3 is 2.89 bits per heavy atom. The summed E-state index contributed by atoms with van der Waals surface area (Å²) in [7, 11) is 1.63. The first-order chi connectivity index (χ1) is 9.04. The lowest BCUT2D eigenvalue weighted by Gasteiger charge is -2.38. The number of carboxylic acids is 1. The minimum atomic E-state index is -1.11. The molecule has 1 fully saturated rings.